The molecule has 0 aliphatic carbocycles. The van der Waals surface area contributed by atoms with Gasteiger partial charge in [-0.2, -0.15) is 5.10 Å². The molecule has 0 unspecified atom stereocenters. The molecule has 0 bridgehead atoms. The minimum atomic E-state index is -1.02. The van der Waals surface area contributed by atoms with Crippen molar-refractivity contribution in [2.24, 2.45) is 0 Å². The molecule has 2 heterocycles. The summed E-state index contributed by atoms with van der Waals surface area (Å²) >= 11 is 0. The normalized spacial score (nSPS) is 10.7. The highest BCUT2D eigenvalue weighted by Gasteiger charge is 2.11. The summed E-state index contributed by atoms with van der Waals surface area (Å²) in [5, 5.41) is 16.3. The van der Waals surface area contributed by atoms with Crippen LogP contribution in [0.4, 0.5) is 0 Å². The molecule has 5 heteroatoms. The lowest BCUT2D eigenvalue weighted by Crippen LogP contribution is -1.95. The number of carbonyl (C=O) groups is 1. The fourth-order valence-electron chi connectivity index (χ4n) is 1.89. The van der Waals surface area contributed by atoms with E-state index in [1.165, 1.54) is 6.07 Å². The van der Waals surface area contributed by atoms with Crippen molar-refractivity contribution in [2.45, 2.75) is 0 Å². The maximum absolute atomic E-state index is 10.8. The van der Waals surface area contributed by atoms with E-state index in [0.29, 0.717) is 5.69 Å². The second-order valence-electron chi connectivity index (χ2n) is 3.85. The Kier molecular flexibility index (Phi) is 2.30. The summed E-state index contributed by atoms with van der Waals surface area (Å²) in [7, 11) is 0. The van der Waals surface area contributed by atoms with Crippen molar-refractivity contribution in [1.29, 1.82) is 0 Å². The third-order valence-electron chi connectivity index (χ3n) is 2.73. The number of hydrogen-bond acceptors (Lipinski definition) is 3. The summed E-state index contributed by atoms with van der Waals surface area (Å²) in [5.41, 5.74) is 2.40. The minimum absolute atomic E-state index is 0.0749. The van der Waals surface area contributed by atoms with Crippen LogP contribution in [0.1, 0.15) is 10.5 Å². The second-order valence-corrected chi connectivity index (χ2v) is 3.85. The number of nitrogens with zero attached hydrogens (tertiary/aromatic N) is 2. The van der Waals surface area contributed by atoms with Crippen LogP contribution in [0.5, 0.6) is 0 Å². The Hall–Kier alpha value is -2.69. The van der Waals surface area contributed by atoms with Crippen LogP contribution < -0.4 is 0 Å². The molecule has 0 saturated heterocycles. The summed E-state index contributed by atoms with van der Waals surface area (Å²) in [5.74, 6) is -1.02. The van der Waals surface area contributed by atoms with Gasteiger partial charge in [0.2, 0.25) is 0 Å². The van der Waals surface area contributed by atoms with Gasteiger partial charge in [0.05, 0.1) is 11.2 Å². The summed E-state index contributed by atoms with van der Waals surface area (Å²) in [6, 6.07) is 11.0. The summed E-state index contributed by atoms with van der Waals surface area (Å²) < 4.78 is 0. The van der Waals surface area contributed by atoms with Gasteiger partial charge in [-0.05, 0) is 18.2 Å². The van der Waals surface area contributed by atoms with Gasteiger partial charge >= 0.3 is 5.97 Å². The van der Waals surface area contributed by atoms with Crippen LogP contribution in [0, 0.1) is 0 Å². The van der Waals surface area contributed by atoms with Gasteiger partial charge in [0, 0.05) is 17.1 Å². The first kappa shape index (κ1) is 10.5. The van der Waals surface area contributed by atoms with Crippen molar-refractivity contribution in [1.82, 2.24) is 15.2 Å². The van der Waals surface area contributed by atoms with E-state index in [1.807, 2.05) is 30.3 Å². The van der Waals surface area contributed by atoms with Gasteiger partial charge in [-0.25, -0.2) is 4.79 Å². The molecule has 88 valence electrons. The number of aromatic amines is 1. The lowest BCUT2D eigenvalue weighted by molar-refractivity contribution is 0.0690. The zero-order valence-electron chi connectivity index (χ0n) is 9.29. The van der Waals surface area contributed by atoms with Gasteiger partial charge in [0.15, 0.2) is 0 Å². The van der Waals surface area contributed by atoms with Crippen LogP contribution in [0.25, 0.3) is 22.2 Å². The van der Waals surface area contributed by atoms with Gasteiger partial charge in [-0.1, -0.05) is 18.2 Å². The van der Waals surface area contributed by atoms with E-state index in [0.717, 1.165) is 16.5 Å². The molecular formula is C13H9N3O2. The number of benzene rings is 1. The molecule has 3 aromatic rings. The maximum atomic E-state index is 10.8. The Morgan fingerprint density at radius 3 is 2.83 bits per heavy atom. The van der Waals surface area contributed by atoms with Gasteiger partial charge in [-0.3, -0.25) is 10.1 Å². The fraction of sp³-hybridized carbons (Fsp3) is 0. The molecular weight excluding hydrogens is 230 g/mol. The molecule has 0 fully saturated rings. The fourth-order valence-corrected chi connectivity index (χ4v) is 1.89. The minimum Gasteiger partial charge on any atom is -0.477 e. The lowest BCUT2D eigenvalue weighted by atomic mass is 10.1. The molecule has 0 atom stereocenters. The van der Waals surface area contributed by atoms with Crippen molar-refractivity contribution in [2.75, 3.05) is 0 Å². The number of fused-ring (bicyclic) bond motifs is 1. The first-order valence-corrected chi connectivity index (χ1v) is 5.38. The molecule has 18 heavy (non-hydrogen) atoms. The topological polar surface area (TPSA) is 78.9 Å². The van der Waals surface area contributed by atoms with Crippen LogP contribution >= 0.6 is 0 Å². The molecule has 2 aromatic heterocycles. The highest BCUT2D eigenvalue weighted by atomic mass is 16.4. The van der Waals surface area contributed by atoms with E-state index in [-0.39, 0.29) is 5.69 Å². The number of carboxylic acids is 1. The molecule has 0 saturated carbocycles. The number of para-hydroxylation sites is 1. The Morgan fingerprint density at radius 1 is 1.22 bits per heavy atom. The van der Waals surface area contributed by atoms with Crippen molar-refractivity contribution in [3.8, 4) is 11.3 Å². The quantitative estimate of drug-likeness (QED) is 0.719. The average Bonchev–Trinajstić information content (AvgIpc) is 2.87. The van der Waals surface area contributed by atoms with Crippen LogP contribution in [-0.4, -0.2) is 26.3 Å². The van der Waals surface area contributed by atoms with Crippen LogP contribution in [0.3, 0.4) is 0 Å². The number of aromatic carboxylic acids is 1. The smallest absolute Gasteiger partial charge is 0.353 e. The largest absolute Gasteiger partial charge is 0.477 e. The number of rotatable bonds is 2. The summed E-state index contributed by atoms with van der Waals surface area (Å²) in [6.45, 7) is 0. The van der Waals surface area contributed by atoms with E-state index >= 15 is 0 Å². The second kappa shape index (κ2) is 3.96. The Balaban J connectivity index is 2.21. The van der Waals surface area contributed by atoms with Crippen molar-refractivity contribution >= 4 is 16.9 Å². The molecule has 5 nitrogen and oxygen atoms in total. The van der Waals surface area contributed by atoms with Gasteiger partial charge in [0.25, 0.3) is 0 Å². The van der Waals surface area contributed by atoms with E-state index in [4.69, 9.17) is 5.11 Å². The zero-order valence-corrected chi connectivity index (χ0v) is 9.29. The van der Waals surface area contributed by atoms with Crippen molar-refractivity contribution in [3.63, 3.8) is 0 Å². The van der Waals surface area contributed by atoms with Crippen molar-refractivity contribution < 1.29 is 9.90 Å². The van der Waals surface area contributed by atoms with Crippen LogP contribution in [0.2, 0.25) is 0 Å². The third-order valence-corrected chi connectivity index (χ3v) is 2.73. The predicted octanol–water partition coefficient (Wildman–Crippen LogP) is 2.32. The molecule has 0 aliphatic heterocycles. The van der Waals surface area contributed by atoms with E-state index in [2.05, 4.69) is 15.2 Å². The Bertz CT molecular complexity index is 728. The zero-order chi connectivity index (χ0) is 12.5. The number of nitrogens with one attached hydrogen (secondary N) is 1. The standard InChI is InChI=1S/C13H9N3O2/c17-13(18)12-7-11(15-16-12)9-5-6-14-10-4-2-1-3-8(9)10/h1-7H,(H,15,16)(H,17,18). The molecule has 2 N–H and O–H groups in total. The number of hydrogen-bond donors (Lipinski definition) is 2. The first-order chi connectivity index (χ1) is 8.75. The third kappa shape index (κ3) is 1.62. The van der Waals surface area contributed by atoms with Gasteiger partial charge in [0.1, 0.15) is 5.69 Å². The van der Waals surface area contributed by atoms with E-state index in [1.54, 1.807) is 6.20 Å². The molecule has 3 rings (SSSR count). The SMILES string of the molecule is O=C(O)c1cc(-c2ccnc3ccccc23)n[nH]1. The Labute approximate surface area is 102 Å². The average molecular weight is 239 g/mol. The molecule has 0 aliphatic rings. The molecule has 0 spiro atoms. The highest BCUT2D eigenvalue weighted by Crippen LogP contribution is 2.25. The monoisotopic (exact) mass is 239 g/mol. The van der Waals surface area contributed by atoms with E-state index in [9.17, 15) is 4.79 Å². The first-order valence-electron chi connectivity index (χ1n) is 5.38. The molecule has 1 aromatic carbocycles. The Morgan fingerprint density at radius 2 is 2.06 bits per heavy atom. The van der Waals surface area contributed by atoms with Gasteiger partial charge < -0.3 is 5.11 Å². The van der Waals surface area contributed by atoms with Crippen molar-refractivity contribution in [3.05, 3.63) is 48.3 Å². The maximum Gasteiger partial charge on any atom is 0.353 e. The van der Waals surface area contributed by atoms with Crippen LogP contribution in [-0.2, 0) is 0 Å². The van der Waals surface area contributed by atoms with Crippen LogP contribution in [0.15, 0.2) is 42.6 Å². The van der Waals surface area contributed by atoms with Gasteiger partial charge in [-0.15, -0.1) is 0 Å². The van der Waals surface area contributed by atoms with E-state index < -0.39 is 5.97 Å². The number of aromatic nitrogens is 3. The summed E-state index contributed by atoms with van der Waals surface area (Å²) in [6.07, 6.45) is 1.69. The number of pyridine rings is 1. The summed E-state index contributed by atoms with van der Waals surface area (Å²) in [4.78, 5) is 15.1. The molecule has 0 amide bonds. The number of carboxylic acid groups (broad SMARTS) is 1. The highest BCUT2D eigenvalue weighted by molar-refractivity contribution is 5.94. The molecule has 0 radical (unpaired) electrons. The predicted molar refractivity (Wildman–Crippen MR) is 66.3 cm³/mol. The number of H-pyrrole nitrogens is 1. The lowest BCUT2D eigenvalue weighted by Gasteiger charge is -2.01.